The summed E-state index contributed by atoms with van der Waals surface area (Å²) < 4.78 is 2.18. The van der Waals surface area contributed by atoms with E-state index in [0.717, 1.165) is 28.5 Å². The summed E-state index contributed by atoms with van der Waals surface area (Å²) in [7, 11) is 0. The molecule has 0 amide bonds. The Hall–Kier alpha value is -1.81. The van der Waals surface area contributed by atoms with Gasteiger partial charge in [0.15, 0.2) is 4.96 Å². The van der Waals surface area contributed by atoms with E-state index in [1.54, 1.807) is 0 Å². The number of thiazole rings is 1. The predicted molar refractivity (Wildman–Crippen MR) is 89.0 cm³/mol. The van der Waals surface area contributed by atoms with E-state index in [2.05, 4.69) is 36.4 Å². The first-order valence-corrected chi connectivity index (χ1v) is 8.33. The Bertz CT molecular complexity index is 841. The third-order valence-corrected chi connectivity index (χ3v) is 5.68. The molecule has 2 heterocycles. The molecule has 0 bridgehead atoms. The van der Waals surface area contributed by atoms with Gasteiger partial charge in [0.05, 0.1) is 0 Å². The summed E-state index contributed by atoms with van der Waals surface area (Å²) in [4.78, 5) is 7.34. The molecule has 4 rings (SSSR count). The maximum atomic E-state index is 6.43. The van der Waals surface area contributed by atoms with Crippen LogP contribution < -0.4 is 5.73 Å². The smallest absolute Gasteiger partial charge is 0.196 e. The summed E-state index contributed by atoms with van der Waals surface area (Å²) in [6, 6.07) is 6.45. The van der Waals surface area contributed by atoms with Crippen LogP contribution in [-0.2, 0) is 12.8 Å². The molecule has 2 N–H and O–H groups in total. The molecule has 0 radical (unpaired) electrons. The van der Waals surface area contributed by atoms with E-state index in [9.17, 15) is 0 Å². The summed E-state index contributed by atoms with van der Waals surface area (Å²) in [5.41, 5.74) is 12.5. The topological polar surface area (TPSA) is 43.3 Å². The van der Waals surface area contributed by atoms with Crippen molar-refractivity contribution in [3.05, 3.63) is 39.9 Å². The van der Waals surface area contributed by atoms with Crippen LogP contribution in [0.15, 0.2) is 18.2 Å². The molecule has 3 nitrogen and oxygen atoms in total. The predicted octanol–water partition coefficient (Wildman–Crippen LogP) is 4.14. The van der Waals surface area contributed by atoms with Gasteiger partial charge in [-0.1, -0.05) is 12.1 Å². The van der Waals surface area contributed by atoms with Crippen molar-refractivity contribution >= 4 is 22.1 Å². The number of hydrogen-bond donors (Lipinski definition) is 1. The standard InChI is InChI=1S/C17H19N3S/c1-10-7-8-12(9-11(10)2)15-16(18)20-13-5-3-4-6-14(13)21-17(20)19-15/h7-9H,3-6,18H2,1-2H3. The number of benzene rings is 1. The molecule has 2 aromatic heterocycles. The van der Waals surface area contributed by atoms with Crippen LogP contribution >= 0.6 is 11.3 Å². The average Bonchev–Trinajstić information content (AvgIpc) is 2.99. The molecule has 21 heavy (non-hydrogen) atoms. The Morgan fingerprint density at radius 2 is 1.95 bits per heavy atom. The highest BCUT2D eigenvalue weighted by Gasteiger charge is 2.21. The molecule has 0 unspecified atom stereocenters. The third-order valence-electron chi connectivity index (χ3n) is 4.54. The largest absolute Gasteiger partial charge is 0.383 e. The van der Waals surface area contributed by atoms with Crippen LogP contribution in [-0.4, -0.2) is 9.38 Å². The summed E-state index contributed by atoms with van der Waals surface area (Å²) in [5.74, 6) is 0.799. The molecule has 0 saturated heterocycles. The minimum atomic E-state index is 0.799. The van der Waals surface area contributed by atoms with Crippen molar-refractivity contribution in [3.63, 3.8) is 0 Å². The quantitative estimate of drug-likeness (QED) is 0.733. The highest BCUT2D eigenvalue weighted by Crippen LogP contribution is 2.36. The molecule has 108 valence electrons. The van der Waals surface area contributed by atoms with Crippen LogP contribution in [0, 0.1) is 13.8 Å². The van der Waals surface area contributed by atoms with E-state index >= 15 is 0 Å². The van der Waals surface area contributed by atoms with Gasteiger partial charge in [-0.05, 0) is 56.7 Å². The Morgan fingerprint density at radius 1 is 1.14 bits per heavy atom. The molecular weight excluding hydrogens is 278 g/mol. The summed E-state index contributed by atoms with van der Waals surface area (Å²) in [5, 5.41) is 0. The van der Waals surface area contributed by atoms with E-state index in [1.165, 1.54) is 41.0 Å². The number of imidazole rings is 1. The van der Waals surface area contributed by atoms with E-state index < -0.39 is 0 Å². The lowest BCUT2D eigenvalue weighted by atomic mass is 10.0. The molecule has 1 aromatic carbocycles. The lowest BCUT2D eigenvalue weighted by Gasteiger charge is -2.11. The third kappa shape index (κ3) is 1.89. The fourth-order valence-corrected chi connectivity index (χ4v) is 4.38. The number of fused-ring (bicyclic) bond motifs is 3. The van der Waals surface area contributed by atoms with Gasteiger partial charge in [0.2, 0.25) is 0 Å². The van der Waals surface area contributed by atoms with Gasteiger partial charge in [0, 0.05) is 16.1 Å². The number of nitrogens with two attached hydrogens (primary N) is 1. The molecule has 4 heteroatoms. The van der Waals surface area contributed by atoms with Gasteiger partial charge >= 0.3 is 0 Å². The number of rotatable bonds is 1. The van der Waals surface area contributed by atoms with Crippen molar-refractivity contribution in [2.75, 3.05) is 5.73 Å². The van der Waals surface area contributed by atoms with Gasteiger partial charge < -0.3 is 5.73 Å². The molecule has 0 aliphatic heterocycles. The second-order valence-corrected chi connectivity index (χ2v) is 7.00. The van der Waals surface area contributed by atoms with Crippen LogP contribution in [0.2, 0.25) is 0 Å². The van der Waals surface area contributed by atoms with Crippen molar-refractivity contribution in [3.8, 4) is 11.3 Å². The van der Waals surface area contributed by atoms with E-state index in [0.29, 0.717) is 0 Å². The number of nitrogen functional groups attached to an aromatic ring is 1. The molecule has 0 atom stereocenters. The van der Waals surface area contributed by atoms with Crippen molar-refractivity contribution in [2.45, 2.75) is 39.5 Å². The van der Waals surface area contributed by atoms with Crippen LogP contribution in [0.25, 0.3) is 16.2 Å². The zero-order chi connectivity index (χ0) is 14.6. The molecule has 1 aliphatic carbocycles. The zero-order valence-corrected chi connectivity index (χ0v) is 13.3. The zero-order valence-electron chi connectivity index (χ0n) is 12.4. The molecule has 1 aliphatic rings. The van der Waals surface area contributed by atoms with Gasteiger partial charge in [-0.3, -0.25) is 4.40 Å². The number of aromatic nitrogens is 2. The lowest BCUT2D eigenvalue weighted by Crippen LogP contribution is -2.05. The van der Waals surface area contributed by atoms with Crippen LogP contribution in [0.5, 0.6) is 0 Å². The maximum Gasteiger partial charge on any atom is 0.196 e. The molecule has 0 spiro atoms. The first-order valence-electron chi connectivity index (χ1n) is 7.51. The highest BCUT2D eigenvalue weighted by atomic mass is 32.1. The maximum absolute atomic E-state index is 6.43. The Labute approximate surface area is 128 Å². The first kappa shape index (κ1) is 12.9. The molecular formula is C17H19N3S. The van der Waals surface area contributed by atoms with Crippen LogP contribution in [0.4, 0.5) is 5.82 Å². The fourth-order valence-electron chi connectivity index (χ4n) is 3.16. The SMILES string of the molecule is Cc1ccc(-c2nc3sc4c(n3c2N)CCCC4)cc1C. The van der Waals surface area contributed by atoms with Crippen molar-refractivity contribution < 1.29 is 0 Å². The summed E-state index contributed by atoms with van der Waals surface area (Å²) >= 11 is 1.81. The van der Waals surface area contributed by atoms with Crippen LogP contribution in [0.3, 0.4) is 0 Å². The van der Waals surface area contributed by atoms with Gasteiger partial charge in [-0.15, -0.1) is 11.3 Å². The minimum absolute atomic E-state index is 0.799. The van der Waals surface area contributed by atoms with E-state index in [4.69, 9.17) is 10.7 Å². The number of hydrogen-bond acceptors (Lipinski definition) is 3. The number of aryl methyl sites for hydroxylation is 4. The van der Waals surface area contributed by atoms with Crippen molar-refractivity contribution in [1.29, 1.82) is 0 Å². The van der Waals surface area contributed by atoms with E-state index in [1.807, 2.05) is 11.3 Å². The minimum Gasteiger partial charge on any atom is -0.383 e. The fraction of sp³-hybridized carbons (Fsp3) is 0.353. The molecule has 0 fully saturated rings. The number of nitrogens with zero attached hydrogens (tertiary/aromatic N) is 2. The lowest BCUT2D eigenvalue weighted by molar-refractivity contribution is 0.675. The van der Waals surface area contributed by atoms with Gasteiger partial charge in [-0.2, -0.15) is 0 Å². The summed E-state index contributed by atoms with van der Waals surface area (Å²) in [6.07, 6.45) is 4.86. The van der Waals surface area contributed by atoms with E-state index in [-0.39, 0.29) is 0 Å². The van der Waals surface area contributed by atoms with Gasteiger partial charge in [-0.25, -0.2) is 4.98 Å². The molecule has 0 saturated carbocycles. The summed E-state index contributed by atoms with van der Waals surface area (Å²) in [6.45, 7) is 4.26. The first-order chi connectivity index (χ1) is 10.1. The Kier molecular flexibility index (Phi) is 2.82. The normalized spacial score (nSPS) is 14.6. The van der Waals surface area contributed by atoms with Crippen LogP contribution in [0.1, 0.15) is 34.5 Å². The van der Waals surface area contributed by atoms with Gasteiger partial charge in [0.1, 0.15) is 11.5 Å². The van der Waals surface area contributed by atoms with Gasteiger partial charge in [0.25, 0.3) is 0 Å². The number of anilines is 1. The second-order valence-electron chi connectivity index (χ2n) is 5.94. The molecule has 3 aromatic rings. The van der Waals surface area contributed by atoms with Crippen molar-refractivity contribution in [1.82, 2.24) is 9.38 Å². The second kappa shape index (κ2) is 4.60. The highest BCUT2D eigenvalue weighted by molar-refractivity contribution is 7.17. The van der Waals surface area contributed by atoms with Crippen molar-refractivity contribution in [2.24, 2.45) is 0 Å². The average molecular weight is 297 g/mol. The Morgan fingerprint density at radius 3 is 2.76 bits per heavy atom. The Balaban J connectivity index is 1.92. The monoisotopic (exact) mass is 297 g/mol.